The number of hydrogen-bond acceptors (Lipinski definition) is 4. The van der Waals surface area contributed by atoms with Crippen LogP contribution in [0.2, 0.25) is 0 Å². The van der Waals surface area contributed by atoms with Gasteiger partial charge in [-0.3, -0.25) is 0 Å². The SMILES string of the molecule is COc1ccc2cc3c(=O)oc(-c4ccccc4)cc3nc2c1. The van der Waals surface area contributed by atoms with Crippen LogP contribution in [0.5, 0.6) is 5.75 Å². The molecule has 4 heteroatoms. The van der Waals surface area contributed by atoms with Crippen LogP contribution in [0.1, 0.15) is 0 Å². The van der Waals surface area contributed by atoms with Crippen LogP contribution in [-0.2, 0) is 0 Å². The van der Waals surface area contributed by atoms with E-state index in [9.17, 15) is 4.79 Å². The molecular weight excluding hydrogens is 290 g/mol. The number of ether oxygens (including phenoxy) is 1. The molecule has 0 unspecified atom stereocenters. The summed E-state index contributed by atoms with van der Waals surface area (Å²) in [5, 5.41) is 1.35. The third-order valence-corrected chi connectivity index (χ3v) is 3.80. The number of fused-ring (bicyclic) bond motifs is 2. The maximum absolute atomic E-state index is 12.3. The zero-order chi connectivity index (χ0) is 15.8. The van der Waals surface area contributed by atoms with E-state index in [4.69, 9.17) is 9.15 Å². The van der Waals surface area contributed by atoms with Crippen molar-refractivity contribution >= 4 is 21.8 Å². The molecule has 0 bridgehead atoms. The zero-order valence-electron chi connectivity index (χ0n) is 12.4. The van der Waals surface area contributed by atoms with E-state index in [0.717, 1.165) is 22.2 Å². The summed E-state index contributed by atoms with van der Waals surface area (Å²) < 4.78 is 10.7. The number of aromatic nitrogens is 1. The Hall–Kier alpha value is -3.14. The lowest BCUT2D eigenvalue weighted by molar-refractivity contribution is 0.415. The molecule has 2 aromatic carbocycles. The number of nitrogens with zero attached hydrogens (tertiary/aromatic N) is 1. The molecule has 0 aliphatic heterocycles. The Balaban J connectivity index is 2.00. The number of pyridine rings is 1. The van der Waals surface area contributed by atoms with Gasteiger partial charge in [0.2, 0.25) is 0 Å². The Kier molecular flexibility index (Phi) is 3.08. The van der Waals surface area contributed by atoms with Gasteiger partial charge in [0.15, 0.2) is 0 Å². The molecule has 0 aliphatic rings. The number of methoxy groups -OCH3 is 1. The fourth-order valence-electron chi connectivity index (χ4n) is 2.62. The average Bonchev–Trinajstić information content (AvgIpc) is 2.60. The summed E-state index contributed by atoms with van der Waals surface area (Å²) >= 11 is 0. The highest BCUT2D eigenvalue weighted by Gasteiger charge is 2.09. The van der Waals surface area contributed by atoms with Crippen molar-refractivity contribution in [2.24, 2.45) is 0 Å². The van der Waals surface area contributed by atoms with Crippen LogP contribution in [0.4, 0.5) is 0 Å². The van der Waals surface area contributed by atoms with Crippen molar-refractivity contribution in [2.75, 3.05) is 7.11 Å². The van der Waals surface area contributed by atoms with Crippen LogP contribution in [0, 0.1) is 0 Å². The molecule has 4 nitrogen and oxygen atoms in total. The molecule has 0 N–H and O–H groups in total. The largest absolute Gasteiger partial charge is 0.497 e. The number of rotatable bonds is 2. The molecule has 0 atom stereocenters. The summed E-state index contributed by atoms with van der Waals surface area (Å²) in [5.74, 6) is 1.24. The molecule has 23 heavy (non-hydrogen) atoms. The van der Waals surface area contributed by atoms with Gasteiger partial charge in [-0.15, -0.1) is 0 Å². The second-order valence-corrected chi connectivity index (χ2v) is 5.24. The standard InChI is InChI=1S/C19H13NO3/c1-22-14-8-7-13-9-15-17(20-16(13)10-14)11-18(23-19(15)21)12-5-3-2-4-6-12/h2-11H,1H3. The molecule has 0 radical (unpaired) electrons. The third kappa shape index (κ3) is 2.34. The minimum absolute atomic E-state index is 0.383. The van der Waals surface area contributed by atoms with E-state index in [2.05, 4.69) is 4.98 Å². The van der Waals surface area contributed by atoms with Gasteiger partial charge in [0.25, 0.3) is 0 Å². The molecule has 0 saturated heterocycles. The van der Waals surface area contributed by atoms with Crippen LogP contribution < -0.4 is 10.4 Å². The Labute approximate surface area is 132 Å². The molecule has 4 rings (SSSR count). The smallest absolute Gasteiger partial charge is 0.345 e. The van der Waals surface area contributed by atoms with Gasteiger partial charge in [-0.25, -0.2) is 9.78 Å². The lowest BCUT2D eigenvalue weighted by Crippen LogP contribution is -2.01. The first-order valence-electron chi connectivity index (χ1n) is 7.23. The maximum Gasteiger partial charge on any atom is 0.345 e. The topological polar surface area (TPSA) is 52.3 Å². The van der Waals surface area contributed by atoms with E-state index < -0.39 is 0 Å². The minimum atomic E-state index is -0.383. The molecule has 0 aliphatic carbocycles. The quantitative estimate of drug-likeness (QED) is 0.525. The Bertz CT molecular complexity index is 1070. The molecule has 0 saturated carbocycles. The molecule has 0 fully saturated rings. The number of hydrogen-bond donors (Lipinski definition) is 0. The highest BCUT2D eigenvalue weighted by molar-refractivity contribution is 5.93. The van der Waals surface area contributed by atoms with Gasteiger partial charge < -0.3 is 9.15 Å². The Morgan fingerprint density at radius 1 is 0.957 bits per heavy atom. The maximum atomic E-state index is 12.3. The fraction of sp³-hybridized carbons (Fsp3) is 0.0526. The average molecular weight is 303 g/mol. The van der Waals surface area contributed by atoms with Crippen molar-refractivity contribution in [1.29, 1.82) is 0 Å². The van der Waals surface area contributed by atoms with Crippen molar-refractivity contribution < 1.29 is 9.15 Å². The molecule has 2 heterocycles. The summed E-state index contributed by atoms with van der Waals surface area (Å²) in [6.07, 6.45) is 0. The Morgan fingerprint density at radius 2 is 1.78 bits per heavy atom. The number of benzene rings is 2. The summed E-state index contributed by atoms with van der Waals surface area (Å²) in [4.78, 5) is 16.9. The van der Waals surface area contributed by atoms with Crippen molar-refractivity contribution in [3.05, 3.63) is 71.1 Å². The van der Waals surface area contributed by atoms with Crippen LogP contribution in [0.25, 0.3) is 33.1 Å². The predicted octanol–water partition coefficient (Wildman–Crippen LogP) is 4.02. The van der Waals surface area contributed by atoms with Gasteiger partial charge in [0.1, 0.15) is 11.5 Å². The van der Waals surface area contributed by atoms with Crippen LogP contribution in [0.3, 0.4) is 0 Å². The van der Waals surface area contributed by atoms with Crippen molar-refractivity contribution in [2.45, 2.75) is 0 Å². The molecule has 0 spiro atoms. The first kappa shape index (κ1) is 13.5. The third-order valence-electron chi connectivity index (χ3n) is 3.80. The van der Waals surface area contributed by atoms with Crippen LogP contribution in [0.15, 0.2) is 69.9 Å². The van der Waals surface area contributed by atoms with Crippen molar-refractivity contribution in [3.8, 4) is 17.1 Å². The molecule has 4 aromatic rings. The summed E-state index contributed by atoms with van der Waals surface area (Å²) in [6.45, 7) is 0. The van der Waals surface area contributed by atoms with Gasteiger partial charge in [0, 0.05) is 23.1 Å². The monoisotopic (exact) mass is 303 g/mol. The van der Waals surface area contributed by atoms with Crippen LogP contribution >= 0.6 is 0 Å². The predicted molar refractivity (Wildman–Crippen MR) is 89.8 cm³/mol. The highest BCUT2D eigenvalue weighted by Crippen LogP contribution is 2.25. The highest BCUT2D eigenvalue weighted by atomic mass is 16.5. The first-order chi connectivity index (χ1) is 11.2. The fourth-order valence-corrected chi connectivity index (χ4v) is 2.62. The van der Waals surface area contributed by atoms with Gasteiger partial charge in [0.05, 0.1) is 23.5 Å². The van der Waals surface area contributed by atoms with E-state index in [0.29, 0.717) is 16.7 Å². The zero-order valence-corrected chi connectivity index (χ0v) is 12.4. The first-order valence-corrected chi connectivity index (χ1v) is 7.23. The van der Waals surface area contributed by atoms with Gasteiger partial charge in [-0.2, -0.15) is 0 Å². The van der Waals surface area contributed by atoms with E-state index in [1.54, 1.807) is 19.2 Å². The molecular formula is C19H13NO3. The lowest BCUT2D eigenvalue weighted by Gasteiger charge is -2.05. The molecule has 112 valence electrons. The molecule has 0 amide bonds. The van der Waals surface area contributed by atoms with E-state index in [1.807, 2.05) is 48.5 Å². The van der Waals surface area contributed by atoms with Gasteiger partial charge in [-0.05, 0) is 18.2 Å². The summed E-state index contributed by atoms with van der Waals surface area (Å²) in [6, 6.07) is 18.7. The molecule has 2 aromatic heterocycles. The van der Waals surface area contributed by atoms with E-state index in [-0.39, 0.29) is 5.63 Å². The summed E-state index contributed by atoms with van der Waals surface area (Å²) in [5.41, 5.74) is 1.85. The van der Waals surface area contributed by atoms with Gasteiger partial charge in [-0.1, -0.05) is 30.3 Å². The Morgan fingerprint density at radius 3 is 2.57 bits per heavy atom. The van der Waals surface area contributed by atoms with Gasteiger partial charge >= 0.3 is 5.63 Å². The van der Waals surface area contributed by atoms with E-state index in [1.165, 1.54) is 0 Å². The normalized spacial score (nSPS) is 11.0. The summed E-state index contributed by atoms with van der Waals surface area (Å²) in [7, 11) is 1.62. The van der Waals surface area contributed by atoms with E-state index >= 15 is 0 Å². The van der Waals surface area contributed by atoms with Crippen LogP contribution in [-0.4, -0.2) is 12.1 Å². The van der Waals surface area contributed by atoms with Crippen molar-refractivity contribution in [1.82, 2.24) is 4.98 Å². The second-order valence-electron chi connectivity index (χ2n) is 5.24. The lowest BCUT2D eigenvalue weighted by atomic mass is 10.1. The minimum Gasteiger partial charge on any atom is -0.497 e. The van der Waals surface area contributed by atoms with Crippen molar-refractivity contribution in [3.63, 3.8) is 0 Å². The second kappa shape index (κ2) is 5.25.